The molecule has 3 heteroatoms. The van der Waals surface area contributed by atoms with Crippen LogP contribution in [0.4, 0.5) is 0 Å². The predicted molar refractivity (Wildman–Crippen MR) is 85.7 cm³/mol. The topological polar surface area (TPSA) is 37.4 Å². The quantitative estimate of drug-likeness (QED) is 0.815. The number of likely N-dealkylation sites (tertiary alicyclic amines) is 1. The van der Waals surface area contributed by atoms with Gasteiger partial charge in [-0.15, -0.1) is 0 Å². The van der Waals surface area contributed by atoms with Crippen molar-refractivity contribution >= 4 is 11.7 Å². The van der Waals surface area contributed by atoms with Crippen LogP contribution in [0.1, 0.15) is 28.8 Å². The summed E-state index contributed by atoms with van der Waals surface area (Å²) in [5.41, 5.74) is 1.70. The zero-order valence-corrected chi connectivity index (χ0v) is 12.8. The largest absolute Gasteiger partial charge is 0.334 e. The van der Waals surface area contributed by atoms with Gasteiger partial charge in [-0.2, -0.15) is 0 Å². The summed E-state index contributed by atoms with van der Waals surface area (Å²) in [6, 6.07) is 18.6. The Morgan fingerprint density at radius 1 is 0.955 bits per heavy atom. The number of nitrogens with zero attached hydrogens (tertiary/aromatic N) is 1. The molecule has 0 saturated carbocycles. The molecule has 0 radical (unpaired) electrons. The van der Waals surface area contributed by atoms with Crippen LogP contribution >= 0.6 is 0 Å². The third kappa shape index (κ3) is 2.33. The van der Waals surface area contributed by atoms with Crippen molar-refractivity contribution in [2.75, 3.05) is 7.05 Å². The predicted octanol–water partition coefficient (Wildman–Crippen LogP) is 3.13. The van der Waals surface area contributed by atoms with E-state index in [4.69, 9.17) is 0 Å². The van der Waals surface area contributed by atoms with Crippen molar-refractivity contribution < 1.29 is 9.59 Å². The molecule has 0 unspecified atom stereocenters. The summed E-state index contributed by atoms with van der Waals surface area (Å²) in [4.78, 5) is 27.0. The summed E-state index contributed by atoms with van der Waals surface area (Å²) in [6.07, 6.45) is 0. The molecule has 0 bridgehead atoms. The molecule has 112 valence electrons. The number of rotatable bonds is 3. The molecule has 1 fully saturated rings. The van der Waals surface area contributed by atoms with E-state index in [1.807, 2.05) is 67.6 Å². The van der Waals surface area contributed by atoms with E-state index < -0.39 is 6.04 Å². The zero-order valence-electron chi connectivity index (χ0n) is 12.8. The highest BCUT2D eigenvalue weighted by atomic mass is 16.2. The average Bonchev–Trinajstić information content (AvgIpc) is 2.80. The molecule has 3 rings (SSSR count). The number of hydrogen-bond donors (Lipinski definition) is 0. The van der Waals surface area contributed by atoms with E-state index >= 15 is 0 Å². The van der Waals surface area contributed by atoms with Gasteiger partial charge in [-0.1, -0.05) is 67.6 Å². The van der Waals surface area contributed by atoms with Crippen molar-refractivity contribution in [3.63, 3.8) is 0 Å². The maximum absolute atomic E-state index is 12.9. The Morgan fingerprint density at radius 2 is 1.50 bits per heavy atom. The Morgan fingerprint density at radius 3 is 2.09 bits per heavy atom. The minimum absolute atomic E-state index is 0.00894. The summed E-state index contributed by atoms with van der Waals surface area (Å²) in [5, 5.41) is 0. The van der Waals surface area contributed by atoms with Crippen molar-refractivity contribution in [3.8, 4) is 0 Å². The lowest BCUT2D eigenvalue weighted by atomic mass is 9.82. The molecule has 0 aliphatic carbocycles. The summed E-state index contributed by atoms with van der Waals surface area (Å²) < 4.78 is 0. The van der Waals surface area contributed by atoms with Crippen molar-refractivity contribution in [3.05, 3.63) is 71.8 Å². The number of Topliss-reactive ketones (excluding diaryl/α,β-unsaturated/α-hetero) is 1. The smallest absolute Gasteiger partial charge is 0.226 e. The Balaban J connectivity index is 2.03. The SMILES string of the molecule is C[C@@H]1C(=O)N(C)[C@@H](C(=O)c2ccccc2)[C@H]1c1ccccc1. The Hall–Kier alpha value is -2.42. The second kappa shape index (κ2) is 5.76. The van der Waals surface area contributed by atoms with Gasteiger partial charge in [-0.3, -0.25) is 9.59 Å². The van der Waals surface area contributed by atoms with Gasteiger partial charge >= 0.3 is 0 Å². The van der Waals surface area contributed by atoms with Gasteiger partial charge in [0.1, 0.15) is 6.04 Å². The molecular formula is C19H19NO2. The van der Waals surface area contributed by atoms with Crippen molar-refractivity contribution in [2.45, 2.75) is 18.9 Å². The molecule has 1 amide bonds. The van der Waals surface area contributed by atoms with E-state index in [2.05, 4.69) is 0 Å². The highest BCUT2D eigenvalue weighted by Crippen LogP contribution is 2.39. The highest BCUT2D eigenvalue weighted by molar-refractivity contribution is 6.04. The first-order valence-corrected chi connectivity index (χ1v) is 7.52. The van der Waals surface area contributed by atoms with Crippen LogP contribution in [-0.4, -0.2) is 29.7 Å². The fourth-order valence-electron chi connectivity index (χ4n) is 3.38. The summed E-state index contributed by atoms with van der Waals surface area (Å²) in [5.74, 6) is -0.255. The van der Waals surface area contributed by atoms with Crippen molar-refractivity contribution in [1.82, 2.24) is 4.90 Å². The number of amides is 1. The van der Waals surface area contributed by atoms with Crippen LogP contribution in [0.2, 0.25) is 0 Å². The molecule has 3 nitrogen and oxygen atoms in total. The fourth-order valence-corrected chi connectivity index (χ4v) is 3.38. The average molecular weight is 293 g/mol. The molecule has 3 atom stereocenters. The van der Waals surface area contributed by atoms with Crippen LogP contribution in [0.25, 0.3) is 0 Å². The van der Waals surface area contributed by atoms with Crippen molar-refractivity contribution in [1.29, 1.82) is 0 Å². The third-order valence-electron chi connectivity index (χ3n) is 4.54. The van der Waals surface area contributed by atoms with Gasteiger partial charge in [0.05, 0.1) is 0 Å². The second-order valence-corrected chi connectivity index (χ2v) is 5.85. The molecule has 0 N–H and O–H groups in total. The number of likely N-dealkylation sites (N-methyl/N-ethyl adjacent to an activating group) is 1. The molecule has 22 heavy (non-hydrogen) atoms. The normalized spacial score (nSPS) is 24.5. The molecule has 0 aromatic heterocycles. The van der Waals surface area contributed by atoms with E-state index in [1.165, 1.54) is 0 Å². The highest BCUT2D eigenvalue weighted by Gasteiger charge is 2.48. The van der Waals surface area contributed by atoms with Crippen molar-refractivity contribution in [2.24, 2.45) is 5.92 Å². The van der Waals surface area contributed by atoms with Crippen LogP contribution in [0.3, 0.4) is 0 Å². The first-order chi connectivity index (χ1) is 10.6. The monoisotopic (exact) mass is 293 g/mol. The molecule has 1 aliphatic heterocycles. The maximum Gasteiger partial charge on any atom is 0.226 e. The van der Waals surface area contributed by atoms with Gasteiger partial charge in [-0.25, -0.2) is 0 Å². The molecule has 1 saturated heterocycles. The van der Waals surface area contributed by atoms with Gasteiger partial charge < -0.3 is 4.90 Å². The third-order valence-corrected chi connectivity index (χ3v) is 4.54. The number of carbonyl (C=O) groups is 2. The summed E-state index contributed by atoms with van der Waals surface area (Å²) >= 11 is 0. The second-order valence-electron chi connectivity index (χ2n) is 5.85. The minimum Gasteiger partial charge on any atom is -0.334 e. The number of carbonyl (C=O) groups excluding carboxylic acids is 2. The van der Waals surface area contributed by atoms with Gasteiger partial charge in [0.2, 0.25) is 5.91 Å². The number of benzene rings is 2. The number of hydrogen-bond acceptors (Lipinski definition) is 2. The standard InChI is InChI=1S/C19H19NO2/c1-13-16(14-9-5-3-6-10-14)17(20(2)19(13)22)18(21)15-11-7-4-8-12-15/h3-13,16-17H,1-2H3/t13-,16+,17+/m0/s1. The summed E-state index contributed by atoms with van der Waals surface area (Å²) in [7, 11) is 1.73. The van der Waals surface area contributed by atoms with Crippen LogP contribution < -0.4 is 0 Å². The van der Waals surface area contributed by atoms with Crippen LogP contribution in [-0.2, 0) is 4.79 Å². The molecule has 2 aromatic carbocycles. The summed E-state index contributed by atoms with van der Waals surface area (Å²) in [6.45, 7) is 1.91. The lowest BCUT2D eigenvalue weighted by Crippen LogP contribution is -2.38. The van der Waals surface area contributed by atoms with Crippen LogP contribution in [0.15, 0.2) is 60.7 Å². The lowest BCUT2D eigenvalue weighted by molar-refractivity contribution is -0.130. The molecule has 2 aromatic rings. The van der Waals surface area contributed by atoms with E-state index in [-0.39, 0.29) is 23.5 Å². The van der Waals surface area contributed by atoms with Gasteiger partial charge in [-0.05, 0) is 5.56 Å². The minimum atomic E-state index is -0.438. The van der Waals surface area contributed by atoms with Gasteiger partial charge in [0.15, 0.2) is 5.78 Å². The van der Waals surface area contributed by atoms with Crippen LogP contribution in [0, 0.1) is 5.92 Å². The first kappa shape index (κ1) is 14.5. The Bertz CT molecular complexity index is 681. The van der Waals surface area contributed by atoms with E-state index in [1.54, 1.807) is 11.9 Å². The van der Waals surface area contributed by atoms with Crippen LogP contribution in [0.5, 0.6) is 0 Å². The van der Waals surface area contributed by atoms with Gasteiger partial charge in [0, 0.05) is 24.4 Å². The lowest BCUT2D eigenvalue weighted by Gasteiger charge is -2.24. The fraction of sp³-hybridized carbons (Fsp3) is 0.263. The molecular weight excluding hydrogens is 274 g/mol. The van der Waals surface area contributed by atoms with E-state index in [9.17, 15) is 9.59 Å². The first-order valence-electron chi connectivity index (χ1n) is 7.52. The van der Waals surface area contributed by atoms with E-state index in [0.717, 1.165) is 5.56 Å². The molecule has 0 spiro atoms. The zero-order chi connectivity index (χ0) is 15.7. The Labute approximate surface area is 130 Å². The molecule has 1 aliphatic rings. The number of ketones is 1. The molecule has 1 heterocycles. The van der Waals surface area contributed by atoms with E-state index in [0.29, 0.717) is 5.56 Å². The Kier molecular flexibility index (Phi) is 3.80. The van der Waals surface area contributed by atoms with Gasteiger partial charge in [0.25, 0.3) is 0 Å². The maximum atomic E-state index is 12.9.